The van der Waals surface area contributed by atoms with Crippen LogP contribution in [0.2, 0.25) is 5.02 Å². The molecule has 0 saturated heterocycles. The molecule has 4 fully saturated rings. The Kier molecular flexibility index (Phi) is 4.00. The predicted octanol–water partition coefficient (Wildman–Crippen LogP) is 3.59. The van der Waals surface area contributed by atoms with Gasteiger partial charge >= 0.3 is 5.97 Å². The molecule has 0 aromatic heterocycles. The summed E-state index contributed by atoms with van der Waals surface area (Å²) in [5.41, 5.74) is -1.11. The number of esters is 1. The molecule has 130 valence electrons. The molecule has 1 aromatic carbocycles. The number of carbonyl (C=O) groups is 1. The Bertz CT molecular complexity index is 630. The van der Waals surface area contributed by atoms with Crippen molar-refractivity contribution in [2.45, 2.75) is 44.1 Å². The van der Waals surface area contributed by atoms with Crippen LogP contribution >= 0.6 is 11.6 Å². The van der Waals surface area contributed by atoms with Crippen molar-refractivity contribution in [2.24, 2.45) is 17.3 Å². The van der Waals surface area contributed by atoms with E-state index in [9.17, 15) is 9.90 Å². The molecule has 0 amide bonds. The second-order valence-electron chi connectivity index (χ2n) is 7.88. The molecule has 4 aliphatic carbocycles. The standard InChI is InChI=1S/C19H23ClO4/c20-15-3-1-2-4-16(15)23-5-6-24-17(21)18-8-13-7-14(9-18)11-19(22,10-13)12-18/h1-4,13-14,22H,5-12H2/t13-,14+,18?,19?. The van der Waals surface area contributed by atoms with Gasteiger partial charge < -0.3 is 14.6 Å². The minimum atomic E-state index is -0.642. The van der Waals surface area contributed by atoms with Crippen LogP contribution in [0.3, 0.4) is 0 Å². The van der Waals surface area contributed by atoms with Crippen molar-refractivity contribution in [1.82, 2.24) is 0 Å². The Morgan fingerprint density at radius 1 is 1.17 bits per heavy atom. The minimum Gasteiger partial charge on any atom is -0.488 e. The van der Waals surface area contributed by atoms with Crippen molar-refractivity contribution in [3.8, 4) is 5.75 Å². The maximum absolute atomic E-state index is 12.7. The molecule has 1 aromatic rings. The molecular formula is C19H23ClO4. The highest BCUT2D eigenvalue weighted by atomic mass is 35.5. The van der Waals surface area contributed by atoms with Crippen molar-refractivity contribution in [3.63, 3.8) is 0 Å². The molecule has 4 bridgehead atoms. The fraction of sp³-hybridized carbons (Fsp3) is 0.632. The van der Waals surface area contributed by atoms with Crippen molar-refractivity contribution >= 4 is 17.6 Å². The predicted molar refractivity (Wildman–Crippen MR) is 90.0 cm³/mol. The number of aliphatic hydroxyl groups is 1. The molecule has 4 nitrogen and oxygen atoms in total. The van der Waals surface area contributed by atoms with Gasteiger partial charge in [0.15, 0.2) is 0 Å². The summed E-state index contributed by atoms with van der Waals surface area (Å²) in [4.78, 5) is 12.7. The zero-order chi connectivity index (χ0) is 16.8. The molecule has 5 heteroatoms. The summed E-state index contributed by atoms with van der Waals surface area (Å²) in [6, 6.07) is 7.24. The highest BCUT2D eigenvalue weighted by Crippen LogP contribution is 2.61. The SMILES string of the molecule is O=C(OCCOc1ccccc1Cl)C12C[C@@H]3C[C@@H](CC(O)(C3)C1)C2. The summed E-state index contributed by atoms with van der Waals surface area (Å²) in [5, 5.41) is 11.3. The first-order valence-corrected chi connectivity index (χ1v) is 9.13. The van der Waals surface area contributed by atoms with Crippen LogP contribution in [0.5, 0.6) is 5.75 Å². The first-order chi connectivity index (χ1) is 11.5. The Labute approximate surface area is 147 Å². The zero-order valence-corrected chi connectivity index (χ0v) is 14.4. The van der Waals surface area contributed by atoms with Crippen molar-refractivity contribution in [1.29, 1.82) is 0 Å². The maximum atomic E-state index is 12.7. The van der Waals surface area contributed by atoms with Crippen LogP contribution in [0.4, 0.5) is 0 Å². The molecule has 4 atom stereocenters. The van der Waals surface area contributed by atoms with E-state index in [1.165, 1.54) is 0 Å². The Hall–Kier alpha value is -1.26. The number of ether oxygens (including phenoxy) is 2. The second kappa shape index (κ2) is 5.92. The summed E-state index contributed by atoms with van der Waals surface area (Å²) < 4.78 is 11.1. The summed E-state index contributed by atoms with van der Waals surface area (Å²) >= 11 is 6.03. The average Bonchev–Trinajstić information content (AvgIpc) is 2.50. The van der Waals surface area contributed by atoms with E-state index in [0.717, 1.165) is 32.1 Å². The number of halogens is 1. The van der Waals surface area contributed by atoms with E-state index in [1.807, 2.05) is 12.1 Å². The number of hydrogen-bond donors (Lipinski definition) is 1. The van der Waals surface area contributed by atoms with Gasteiger partial charge in [0.05, 0.1) is 16.0 Å². The minimum absolute atomic E-state index is 0.155. The van der Waals surface area contributed by atoms with E-state index >= 15 is 0 Å². The van der Waals surface area contributed by atoms with Crippen LogP contribution in [0.15, 0.2) is 24.3 Å². The van der Waals surface area contributed by atoms with E-state index in [1.54, 1.807) is 12.1 Å². The smallest absolute Gasteiger partial charge is 0.312 e. The number of hydrogen-bond acceptors (Lipinski definition) is 4. The fourth-order valence-corrected chi connectivity index (χ4v) is 5.64. The van der Waals surface area contributed by atoms with Crippen molar-refractivity contribution < 1.29 is 19.4 Å². The van der Waals surface area contributed by atoms with E-state index in [-0.39, 0.29) is 19.2 Å². The molecule has 0 aliphatic heterocycles. The van der Waals surface area contributed by atoms with E-state index < -0.39 is 11.0 Å². The molecule has 2 unspecified atom stereocenters. The third-order valence-electron chi connectivity index (χ3n) is 5.87. The molecule has 0 spiro atoms. The topological polar surface area (TPSA) is 55.8 Å². The number of benzene rings is 1. The lowest BCUT2D eigenvalue weighted by molar-refractivity contribution is -0.196. The first-order valence-electron chi connectivity index (χ1n) is 8.75. The lowest BCUT2D eigenvalue weighted by Crippen LogP contribution is -2.58. The van der Waals surface area contributed by atoms with Crippen LogP contribution in [0.25, 0.3) is 0 Å². The molecule has 0 heterocycles. The van der Waals surface area contributed by atoms with Crippen molar-refractivity contribution in [2.75, 3.05) is 13.2 Å². The van der Waals surface area contributed by atoms with Crippen LogP contribution in [-0.2, 0) is 9.53 Å². The van der Waals surface area contributed by atoms with E-state index in [4.69, 9.17) is 21.1 Å². The van der Waals surface area contributed by atoms with Gasteiger partial charge in [-0.3, -0.25) is 4.79 Å². The summed E-state index contributed by atoms with van der Waals surface area (Å²) in [5.74, 6) is 1.39. The van der Waals surface area contributed by atoms with Crippen LogP contribution in [0.1, 0.15) is 38.5 Å². The molecule has 4 saturated carbocycles. The van der Waals surface area contributed by atoms with Crippen molar-refractivity contribution in [3.05, 3.63) is 29.3 Å². The molecule has 0 radical (unpaired) electrons. The van der Waals surface area contributed by atoms with Gasteiger partial charge in [-0.1, -0.05) is 23.7 Å². The highest BCUT2D eigenvalue weighted by Gasteiger charge is 2.60. The quantitative estimate of drug-likeness (QED) is 0.651. The normalized spacial score (nSPS) is 36.6. The zero-order valence-electron chi connectivity index (χ0n) is 13.7. The molecule has 24 heavy (non-hydrogen) atoms. The molecule has 5 rings (SSSR count). The van der Waals surface area contributed by atoms with Gasteiger partial charge in [0.25, 0.3) is 0 Å². The molecular weight excluding hydrogens is 328 g/mol. The van der Waals surface area contributed by atoms with Gasteiger partial charge in [-0.05, 0) is 62.5 Å². The van der Waals surface area contributed by atoms with Crippen LogP contribution in [0, 0.1) is 17.3 Å². The number of carbonyl (C=O) groups excluding carboxylic acids is 1. The van der Waals surface area contributed by atoms with Crippen LogP contribution < -0.4 is 4.74 Å². The van der Waals surface area contributed by atoms with Gasteiger partial charge in [-0.2, -0.15) is 0 Å². The Morgan fingerprint density at radius 3 is 2.54 bits per heavy atom. The fourth-order valence-electron chi connectivity index (χ4n) is 5.45. The third kappa shape index (κ3) is 2.91. The van der Waals surface area contributed by atoms with Gasteiger partial charge in [0.2, 0.25) is 0 Å². The third-order valence-corrected chi connectivity index (χ3v) is 6.19. The highest BCUT2D eigenvalue weighted by molar-refractivity contribution is 6.32. The second-order valence-corrected chi connectivity index (χ2v) is 8.29. The summed E-state index contributed by atoms with van der Waals surface area (Å²) in [6.45, 7) is 0.488. The maximum Gasteiger partial charge on any atom is 0.312 e. The van der Waals surface area contributed by atoms with Gasteiger partial charge in [-0.25, -0.2) is 0 Å². The van der Waals surface area contributed by atoms with E-state index in [2.05, 4.69) is 0 Å². The van der Waals surface area contributed by atoms with Gasteiger partial charge in [-0.15, -0.1) is 0 Å². The van der Waals surface area contributed by atoms with E-state index in [0.29, 0.717) is 29.0 Å². The monoisotopic (exact) mass is 350 g/mol. The first kappa shape index (κ1) is 16.2. The largest absolute Gasteiger partial charge is 0.488 e. The molecule has 4 aliphatic rings. The molecule has 1 N–H and O–H groups in total. The number of rotatable bonds is 5. The van der Waals surface area contributed by atoms with Gasteiger partial charge in [0, 0.05) is 0 Å². The lowest BCUT2D eigenvalue weighted by Gasteiger charge is -2.58. The summed E-state index contributed by atoms with van der Waals surface area (Å²) in [7, 11) is 0. The number of para-hydroxylation sites is 1. The average molecular weight is 351 g/mol. The Morgan fingerprint density at radius 2 is 1.88 bits per heavy atom. The Balaban J connectivity index is 1.33. The van der Waals surface area contributed by atoms with Crippen LogP contribution in [-0.4, -0.2) is 29.9 Å². The summed E-state index contributed by atoms with van der Waals surface area (Å²) in [6.07, 6.45) is 5.18. The lowest BCUT2D eigenvalue weighted by atomic mass is 9.48. The van der Waals surface area contributed by atoms with Gasteiger partial charge in [0.1, 0.15) is 19.0 Å².